The van der Waals surface area contributed by atoms with Crippen molar-refractivity contribution in [3.05, 3.63) is 41.2 Å². The van der Waals surface area contributed by atoms with Gasteiger partial charge in [-0.15, -0.1) is 11.3 Å². The van der Waals surface area contributed by atoms with Gasteiger partial charge in [-0.2, -0.15) is 10.1 Å². The third-order valence-corrected chi connectivity index (χ3v) is 4.10. The Kier molecular flexibility index (Phi) is 2.40. The smallest absolute Gasteiger partial charge is 0.222 e. The van der Waals surface area contributed by atoms with Crippen molar-refractivity contribution in [3.8, 4) is 0 Å². The summed E-state index contributed by atoms with van der Waals surface area (Å²) in [4.78, 5) is 13.0. The number of hydrogen-bond acceptors (Lipinski definition) is 6. The number of nitrogen functional groups attached to an aromatic ring is 1. The summed E-state index contributed by atoms with van der Waals surface area (Å²) >= 11 is 1.67. The maximum Gasteiger partial charge on any atom is 0.222 e. The number of aromatic nitrogens is 5. The van der Waals surface area contributed by atoms with Crippen molar-refractivity contribution in [2.75, 3.05) is 5.73 Å². The van der Waals surface area contributed by atoms with Crippen molar-refractivity contribution in [1.82, 2.24) is 25.1 Å². The minimum atomic E-state index is 0.248. The standard InChI is InChI=1S/C13H10N6S/c14-13-17-9(7-6-15-19-12(7)18-13)5-11-16-8-3-1-2-4-10(8)20-11/h1-4,6H,5H2,(H3,14,15,17,18,19). The average molecular weight is 282 g/mol. The lowest BCUT2D eigenvalue weighted by Crippen LogP contribution is -2.00. The SMILES string of the molecule is Nc1nc(Cc2nc3ccccc3s2)c2cn[nH]c2n1. The van der Waals surface area contributed by atoms with Gasteiger partial charge in [0, 0.05) is 6.42 Å². The molecule has 6 nitrogen and oxygen atoms in total. The van der Waals surface area contributed by atoms with E-state index in [-0.39, 0.29) is 5.95 Å². The van der Waals surface area contributed by atoms with E-state index in [4.69, 9.17) is 5.73 Å². The molecule has 0 bridgehead atoms. The quantitative estimate of drug-likeness (QED) is 0.587. The molecule has 0 atom stereocenters. The van der Waals surface area contributed by atoms with Gasteiger partial charge >= 0.3 is 0 Å². The Morgan fingerprint density at radius 2 is 2.05 bits per heavy atom. The normalized spacial score (nSPS) is 11.4. The van der Waals surface area contributed by atoms with Gasteiger partial charge in [0.05, 0.1) is 32.5 Å². The largest absolute Gasteiger partial charge is 0.368 e. The molecular formula is C13H10N6S. The van der Waals surface area contributed by atoms with E-state index in [9.17, 15) is 0 Å². The van der Waals surface area contributed by atoms with Crippen LogP contribution >= 0.6 is 11.3 Å². The van der Waals surface area contributed by atoms with Gasteiger partial charge in [0.15, 0.2) is 5.65 Å². The van der Waals surface area contributed by atoms with Gasteiger partial charge in [-0.25, -0.2) is 9.97 Å². The van der Waals surface area contributed by atoms with Gasteiger partial charge in [-0.1, -0.05) is 12.1 Å². The first-order valence-corrected chi connectivity index (χ1v) is 6.91. The van der Waals surface area contributed by atoms with Crippen LogP contribution in [-0.2, 0) is 6.42 Å². The molecule has 4 rings (SSSR count). The number of H-pyrrole nitrogens is 1. The second-order valence-electron chi connectivity index (χ2n) is 4.41. The number of rotatable bonds is 2. The summed E-state index contributed by atoms with van der Waals surface area (Å²) in [5.74, 6) is 0.248. The van der Waals surface area contributed by atoms with E-state index < -0.39 is 0 Å². The lowest BCUT2D eigenvalue weighted by atomic mass is 10.2. The van der Waals surface area contributed by atoms with Gasteiger partial charge < -0.3 is 5.73 Å². The van der Waals surface area contributed by atoms with Crippen molar-refractivity contribution in [3.63, 3.8) is 0 Å². The van der Waals surface area contributed by atoms with Gasteiger partial charge in [0.2, 0.25) is 5.95 Å². The highest BCUT2D eigenvalue weighted by molar-refractivity contribution is 7.18. The summed E-state index contributed by atoms with van der Waals surface area (Å²) in [6, 6.07) is 8.08. The molecule has 7 heteroatoms. The van der Waals surface area contributed by atoms with Crippen LogP contribution in [0.4, 0.5) is 5.95 Å². The maximum atomic E-state index is 5.73. The molecule has 0 aliphatic carbocycles. The van der Waals surface area contributed by atoms with Crippen molar-refractivity contribution in [2.45, 2.75) is 6.42 Å². The molecule has 20 heavy (non-hydrogen) atoms. The van der Waals surface area contributed by atoms with E-state index in [1.165, 1.54) is 4.70 Å². The summed E-state index contributed by atoms with van der Waals surface area (Å²) in [7, 11) is 0. The molecule has 0 amide bonds. The topological polar surface area (TPSA) is 93.4 Å². The zero-order valence-corrected chi connectivity index (χ0v) is 11.2. The van der Waals surface area contributed by atoms with Crippen molar-refractivity contribution in [2.24, 2.45) is 0 Å². The predicted molar refractivity (Wildman–Crippen MR) is 78.5 cm³/mol. The summed E-state index contributed by atoms with van der Waals surface area (Å²) in [6.07, 6.45) is 2.35. The monoisotopic (exact) mass is 282 g/mol. The highest BCUT2D eigenvalue weighted by Gasteiger charge is 2.11. The molecule has 0 aliphatic heterocycles. The molecular weight excluding hydrogens is 272 g/mol. The molecule has 4 aromatic rings. The number of benzene rings is 1. The molecule has 0 fully saturated rings. The minimum absolute atomic E-state index is 0.248. The van der Waals surface area contributed by atoms with Crippen LogP contribution in [-0.4, -0.2) is 25.1 Å². The summed E-state index contributed by atoms with van der Waals surface area (Å²) in [5, 5.41) is 8.70. The van der Waals surface area contributed by atoms with Gasteiger partial charge in [-0.05, 0) is 12.1 Å². The highest BCUT2D eigenvalue weighted by Crippen LogP contribution is 2.25. The number of anilines is 1. The molecule has 0 radical (unpaired) electrons. The van der Waals surface area contributed by atoms with E-state index in [2.05, 4.69) is 31.2 Å². The van der Waals surface area contributed by atoms with Crippen LogP contribution in [0.3, 0.4) is 0 Å². The number of aromatic amines is 1. The van der Waals surface area contributed by atoms with Crippen LogP contribution < -0.4 is 5.73 Å². The zero-order chi connectivity index (χ0) is 13.5. The van der Waals surface area contributed by atoms with Crippen molar-refractivity contribution < 1.29 is 0 Å². The number of para-hydroxylation sites is 1. The molecule has 3 N–H and O–H groups in total. The molecule has 0 saturated heterocycles. The van der Waals surface area contributed by atoms with Gasteiger partial charge in [-0.3, -0.25) is 5.10 Å². The third kappa shape index (κ3) is 1.79. The number of nitrogens with zero attached hydrogens (tertiary/aromatic N) is 4. The first kappa shape index (κ1) is 11.3. The molecule has 0 unspecified atom stereocenters. The summed E-state index contributed by atoms with van der Waals surface area (Å²) in [5.41, 5.74) is 8.25. The van der Waals surface area contributed by atoms with Gasteiger partial charge in [0.25, 0.3) is 0 Å². The predicted octanol–water partition coefficient (Wildman–Crippen LogP) is 2.14. The van der Waals surface area contributed by atoms with E-state index in [1.807, 2.05) is 18.2 Å². The minimum Gasteiger partial charge on any atom is -0.368 e. The fourth-order valence-corrected chi connectivity index (χ4v) is 3.16. The Bertz CT molecular complexity index is 876. The van der Waals surface area contributed by atoms with Crippen molar-refractivity contribution >= 4 is 38.5 Å². The van der Waals surface area contributed by atoms with Crippen LogP contribution in [0.5, 0.6) is 0 Å². The number of nitrogens with one attached hydrogen (secondary N) is 1. The fourth-order valence-electron chi connectivity index (χ4n) is 2.19. The number of fused-ring (bicyclic) bond motifs is 2. The van der Waals surface area contributed by atoms with E-state index >= 15 is 0 Å². The van der Waals surface area contributed by atoms with Crippen LogP contribution in [0.1, 0.15) is 10.7 Å². The summed E-state index contributed by atoms with van der Waals surface area (Å²) < 4.78 is 1.17. The molecule has 3 aromatic heterocycles. The molecule has 0 aliphatic rings. The molecule has 3 heterocycles. The Morgan fingerprint density at radius 1 is 1.15 bits per heavy atom. The Hall–Kier alpha value is -2.54. The van der Waals surface area contributed by atoms with E-state index in [0.29, 0.717) is 12.1 Å². The molecule has 1 aromatic carbocycles. The Labute approximate surface area is 117 Å². The van der Waals surface area contributed by atoms with Crippen LogP contribution in [0.15, 0.2) is 30.5 Å². The van der Waals surface area contributed by atoms with Crippen LogP contribution in [0, 0.1) is 0 Å². The molecule has 0 saturated carbocycles. The second kappa shape index (κ2) is 4.24. The maximum absolute atomic E-state index is 5.73. The number of hydrogen-bond donors (Lipinski definition) is 2. The molecule has 0 spiro atoms. The van der Waals surface area contributed by atoms with E-state index in [1.54, 1.807) is 17.5 Å². The first-order valence-electron chi connectivity index (χ1n) is 6.09. The third-order valence-electron chi connectivity index (χ3n) is 3.06. The Balaban J connectivity index is 1.81. The lowest BCUT2D eigenvalue weighted by Gasteiger charge is -2.00. The van der Waals surface area contributed by atoms with Crippen molar-refractivity contribution in [1.29, 1.82) is 0 Å². The number of thiazole rings is 1. The second-order valence-corrected chi connectivity index (χ2v) is 5.53. The lowest BCUT2D eigenvalue weighted by molar-refractivity contribution is 1.05. The number of nitrogens with two attached hydrogens (primary N) is 1. The van der Waals surface area contributed by atoms with E-state index in [0.717, 1.165) is 21.6 Å². The van der Waals surface area contributed by atoms with Crippen LogP contribution in [0.25, 0.3) is 21.3 Å². The average Bonchev–Trinajstić information content (AvgIpc) is 3.03. The first-order chi connectivity index (χ1) is 9.79. The van der Waals surface area contributed by atoms with Gasteiger partial charge in [0.1, 0.15) is 0 Å². The zero-order valence-electron chi connectivity index (χ0n) is 10.4. The highest BCUT2D eigenvalue weighted by atomic mass is 32.1. The summed E-state index contributed by atoms with van der Waals surface area (Å²) in [6.45, 7) is 0. The molecule has 98 valence electrons. The van der Waals surface area contributed by atoms with Crippen LogP contribution in [0.2, 0.25) is 0 Å². The Morgan fingerprint density at radius 3 is 2.95 bits per heavy atom. The fraction of sp³-hybridized carbons (Fsp3) is 0.0769.